The third-order valence-corrected chi connectivity index (χ3v) is 4.58. The Kier molecular flexibility index (Phi) is 4.83. The standard InChI is InChI=1S/C17H21N5S/c1-4-22-12-15(13(2)20-22)11-21(3)10-14-8-18-17(19-9-14)16-6-5-7-23-16/h5-9,12H,4,10-11H2,1-3H3. The maximum atomic E-state index is 4.50. The number of hydrogen-bond acceptors (Lipinski definition) is 5. The Bertz CT molecular complexity index is 746. The molecule has 120 valence electrons. The van der Waals surface area contributed by atoms with E-state index in [0.717, 1.165) is 41.6 Å². The van der Waals surface area contributed by atoms with Crippen molar-refractivity contribution in [2.24, 2.45) is 0 Å². The van der Waals surface area contributed by atoms with Gasteiger partial charge in [-0.3, -0.25) is 9.58 Å². The van der Waals surface area contributed by atoms with Crippen LogP contribution in [0.25, 0.3) is 10.7 Å². The van der Waals surface area contributed by atoms with Crippen LogP contribution in [0.15, 0.2) is 36.1 Å². The van der Waals surface area contributed by atoms with Crippen molar-refractivity contribution in [1.29, 1.82) is 0 Å². The number of hydrogen-bond donors (Lipinski definition) is 0. The lowest BCUT2D eigenvalue weighted by molar-refractivity contribution is 0.317. The van der Waals surface area contributed by atoms with Gasteiger partial charge in [0.2, 0.25) is 0 Å². The molecule has 0 spiro atoms. The molecule has 0 aliphatic heterocycles. The van der Waals surface area contributed by atoms with Crippen LogP contribution in [0, 0.1) is 6.92 Å². The highest BCUT2D eigenvalue weighted by atomic mass is 32.1. The number of aromatic nitrogens is 4. The lowest BCUT2D eigenvalue weighted by Crippen LogP contribution is -2.17. The molecule has 3 aromatic rings. The van der Waals surface area contributed by atoms with E-state index < -0.39 is 0 Å². The summed E-state index contributed by atoms with van der Waals surface area (Å²) in [4.78, 5) is 12.3. The summed E-state index contributed by atoms with van der Waals surface area (Å²) in [5.41, 5.74) is 3.49. The summed E-state index contributed by atoms with van der Waals surface area (Å²) in [6.45, 7) is 6.77. The van der Waals surface area contributed by atoms with Crippen LogP contribution < -0.4 is 0 Å². The predicted octanol–water partition coefficient (Wildman–Crippen LogP) is 3.36. The first kappa shape index (κ1) is 15.8. The van der Waals surface area contributed by atoms with E-state index in [9.17, 15) is 0 Å². The fourth-order valence-electron chi connectivity index (χ4n) is 2.50. The zero-order valence-electron chi connectivity index (χ0n) is 13.7. The minimum absolute atomic E-state index is 0.798. The third-order valence-electron chi connectivity index (χ3n) is 3.71. The van der Waals surface area contributed by atoms with Gasteiger partial charge < -0.3 is 0 Å². The lowest BCUT2D eigenvalue weighted by atomic mass is 10.2. The second-order valence-electron chi connectivity index (χ2n) is 5.66. The van der Waals surface area contributed by atoms with Gasteiger partial charge in [-0.25, -0.2) is 9.97 Å². The predicted molar refractivity (Wildman–Crippen MR) is 93.2 cm³/mol. The molecular weight excluding hydrogens is 306 g/mol. The quantitative estimate of drug-likeness (QED) is 0.696. The Balaban J connectivity index is 1.63. The van der Waals surface area contributed by atoms with Crippen LogP contribution in [0.2, 0.25) is 0 Å². The molecule has 3 aromatic heterocycles. The van der Waals surface area contributed by atoms with Crippen molar-refractivity contribution in [3.05, 3.63) is 52.9 Å². The molecular formula is C17H21N5S. The van der Waals surface area contributed by atoms with Crippen LogP contribution >= 0.6 is 11.3 Å². The van der Waals surface area contributed by atoms with Gasteiger partial charge in [0.25, 0.3) is 0 Å². The average molecular weight is 327 g/mol. The van der Waals surface area contributed by atoms with Gasteiger partial charge in [0.05, 0.1) is 10.6 Å². The van der Waals surface area contributed by atoms with E-state index in [0.29, 0.717) is 0 Å². The third kappa shape index (κ3) is 3.83. The molecule has 0 bridgehead atoms. The molecule has 0 atom stereocenters. The van der Waals surface area contributed by atoms with E-state index in [1.165, 1.54) is 5.56 Å². The number of nitrogens with zero attached hydrogens (tertiary/aromatic N) is 5. The number of rotatable bonds is 6. The Morgan fingerprint density at radius 3 is 2.61 bits per heavy atom. The van der Waals surface area contributed by atoms with Gasteiger partial charge in [0.1, 0.15) is 0 Å². The van der Waals surface area contributed by atoms with Crippen molar-refractivity contribution in [1.82, 2.24) is 24.6 Å². The van der Waals surface area contributed by atoms with Gasteiger partial charge in [-0.15, -0.1) is 11.3 Å². The van der Waals surface area contributed by atoms with E-state index >= 15 is 0 Å². The topological polar surface area (TPSA) is 46.8 Å². The van der Waals surface area contributed by atoms with Crippen LogP contribution in [0.4, 0.5) is 0 Å². The van der Waals surface area contributed by atoms with Crippen molar-refractivity contribution in [2.45, 2.75) is 33.5 Å². The first-order chi connectivity index (χ1) is 11.2. The van der Waals surface area contributed by atoms with Gasteiger partial charge in [-0.1, -0.05) is 6.07 Å². The minimum Gasteiger partial charge on any atom is -0.298 e. The SMILES string of the molecule is CCn1cc(CN(C)Cc2cnc(-c3cccs3)nc2)c(C)n1. The van der Waals surface area contributed by atoms with E-state index in [2.05, 4.69) is 47.1 Å². The maximum Gasteiger partial charge on any atom is 0.169 e. The molecule has 0 amide bonds. The summed E-state index contributed by atoms with van der Waals surface area (Å²) in [5.74, 6) is 0.798. The Morgan fingerprint density at radius 2 is 2.00 bits per heavy atom. The van der Waals surface area contributed by atoms with Crippen molar-refractivity contribution in [3.63, 3.8) is 0 Å². The van der Waals surface area contributed by atoms with Crippen LogP contribution in [-0.4, -0.2) is 31.7 Å². The van der Waals surface area contributed by atoms with Crippen molar-refractivity contribution >= 4 is 11.3 Å². The van der Waals surface area contributed by atoms with Gasteiger partial charge in [-0.05, 0) is 32.3 Å². The minimum atomic E-state index is 0.798. The van der Waals surface area contributed by atoms with Gasteiger partial charge in [0.15, 0.2) is 5.82 Å². The molecule has 6 heteroatoms. The molecule has 0 radical (unpaired) electrons. The highest BCUT2D eigenvalue weighted by Gasteiger charge is 2.09. The summed E-state index contributed by atoms with van der Waals surface area (Å²) in [5, 5.41) is 6.54. The first-order valence-electron chi connectivity index (χ1n) is 7.72. The van der Waals surface area contributed by atoms with E-state index in [1.54, 1.807) is 11.3 Å². The fourth-order valence-corrected chi connectivity index (χ4v) is 3.18. The zero-order valence-corrected chi connectivity index (χ0v) is 14.5. The van der Waals surface area contributed by atoms with Crippen LogP contribution in [0.1, 0.15) is 23.7 Å². The summed E-state index contributed by atoms with van der Waals surface area (Å²) < 4.78 is 1.98. The van der Waals surface area contributed by atoms with Crippen molar-refractivity contribution < 1.29 is 0 Å². The van der Waals surface area contributed by atoms with E-state index in [4.69, 9.17) is 0 Å². The largest absolute Gasteiger partial charge is 0.298 e. The fraction of sp³-hybridized carbons (Fsp3) is 0.353. The highest BCUT2D eigenvalue weighted by molar-refractivity contribution is 7.13. The van der Waals surface area contributed by atoms with Gasteiger partial charge in [-0.2, -0.15) is 5.10 Å². The lowest BCUT2D eigenvalue weighted by Gasteiger charge is -2.15. The summed E-state index contributed by atoms with van der Waals surface area (Å²) in [7, 11) is 2.11. The normalized spacial score (nSPS) is 11.3. The monoisotopic (exact) mass is 327 g/mol. The van der Waals surface area contributed by atoms with Crippen LogP contribution in [-0.2, 0) is 19.6 Å². The first-order valence-corrected chi connectivity index (χ1v) is 8.60. The molecule has 0 fully saturated rings. The molecule has 0 aliphatic carbocycles. The smallest absolute Gasteiger partial charge is 0.169 e. The molecule has 23 heavy (non-hydrogen) atoms. The summed E-state index contributed by atoms with van der Waals surface area (Å²) in [6, 6.07) is 4.06. The number of thiophene rings is 1. The Labute approximate surface area is 140 Å². The number of aryl methyl sites for hydroxylation is 2. The van der Waals surface area contributed by atoms with Gasteiger partial charge >= 0.3 is 0 Å². The molecule has 0 saturated carbocycles. The molecule has 0 aliphatic rings. The Hall–Kier alpha value is -2.05. The summed E-state index contributed by atoms with van der Waals surface area (Å²) >= 11 is 1.66. The average Bonchev–Trinajstić information content (AvgIpc) is 3.18. The van der Waals surface area contributed by atoms with Gasteiger partial charge in [0, 0.05) is 49.4 Å². The van der Waals surface area contributed by atoms with Crippen LogP contribution in [0.3, 0.4) is 0 Å². The second-order valence-corrected chi connectivity index (χ2v) is 6.61. The molecule has 0 saturated heterocycles. The molecule has 0 unspecified atom stereocenters. The van der Waals surface area contributed by atoms with E-state index in [-0.39, 0.29) is 0 Å². The Morgan fingerprint density at radius 1 is 1.22 bits per heavy atom. The second kappa shape index (κ2) is 7.02. The van der Waals surface area contributed by atoms with Crippen molar-refractivity contribution in [3.8, 4) is 10.7 Å². The molecule has 5 nitrogen and oxygen atoms in total. The molecule has 0 N–H and O–H groups in total. The zero-order chi connectivity index (χ0) is 16.2. The molecule has 3 heterocycles. The maximum absolute atomic E-state index is 4.50. The van der Waals surface area contributed by atoms with E-state index in [1.807, 2.05) is 34.6 Å². The summed E-state index contributed by atoms with van der Waals surface area (Å²) in [6.07, 6.45) is 5.96. The molecule has 0 aromatic carbocycles. The van der Waals surface area contributed by atoms with Crippen molar-refractivity contribution in [2.75, 3.05) is 7.05 Å². The molecule has 3 rings (SSSR count). The highest BCUT2D eigenvalue weighted by Crippen LogP contribution is 2.20. The van der Waals surface area contributed by atoms with Crippen LogP contribution in [0.5, 0.6) is 0 Å².